The highest BCUT2D eigenvalue weighted by molar-refractivity contribution is 6.00. The topological polar surface area (TPSA) is 95.6 Å². The van der Waals surface area contributed by atoms with Crippen LogP contribution in [-0.2, 0) is 0 Å². The molecular weight excluding hydrogens is 275 g/mol. The number of carboxylic acids is 1. The molecule has 6 heteroatoms. The maximum absolute atomic E-state index is 13.4. The number of carbonyl (C=O) groups is 1. The predicted molar refractivity (Wildman–Crippen MR) is 78.8 cm³/mol. The lowest BCUT2D eigenvalue weighted by Crippen LogP contribution is -2.40. The Hall–Kier alpha value is -1.82. The number of nitrogens with one attached hydrogen (secondary N) is 1. The molecule has 1 saturated carbocycles. The molecule has 0 spiro atoms. The number of hydrogen-bond acceptors (Lipinski definition) is 4. The van der Waals surface area contributed by atoms with Gasteiger partial charge < -0.3 is 21.3 Å². The van der Waals surface area contributed by atoms with E-state index in [9.17, 15) is 14.3 Å². The van der Waals surface area contributed by atoms with Crippen molar-refractivity contribution in [3.8, 4) is 0 Å². The molecule has 1 aromatic rings. The van der Waals surface area contributed by atoms with Crippen LogP contribution >= 0.6 is 0 Å². The highest BCUT2D eigenvalue weighted by Crippen LogP contribution is 2.33. The van der Waals surface area contributed by atoms with Gasteiger partial charge in [0.2, 0.25) is 0 Å². The number of rotatable bonds is 4. The van der Waals surface area contributed by atoms with Crippen LogP contribution in [0.2, 0.25) is 0 Å². The number of halogens is 1. The van der Waals surface area contributed by atoms with Crippen molar-refractivity contribution < 1.29 is 19.4 Å². The monoisotopic (exact) mass is 296 g/mol. The van der Waals surface area contributed by atoms with E-state index in [0.29, 0.717) is 18.8 Å². The lowest BCUT2D eigenvalue weighted by Gasteiger charge is -2.35. The molecule has 5 N–H and O–H groups in total. The number of hydrogen-bond donors (Lipinski definition) is 4. The van der Waals surface area contributed by atoms with E-state index in [4.69, 9.17) is 10.8 Å². The highest BCUT2D eigenvalue weighted by Gasteiger charge is 2.32. The molecule has 0 bridgehead atoms. The van der Waals surface area contributed by atoms with Crippen LogP contribution in [0.1, 0.15) is 43.0 Å². The summed E-state index contributed by atoms with van der Waals surface area (Å²) in [5.74, 6) is -1.46. The number of aliphatic hydroxyl groups is 1. The van der Waals surface area contributed by atoms with Gasteiger partial charge in [0, 0.05) is 6.54 Å². The molecule has 1 fully saturated rings. The minimum Gasteiger partial charge on any atom is -0.478 e. The van der Waals surface area contributed by atoms with Gasteiger partial charge >= 0.3 is 5.97 Å². The summed E-state index contributed by atoms with van der Waals surface area (Å²) in [7, 11) is 0. The van der Waals surface area contributed by atoms with Crippen LogP contribution in [-0.4, -0.2) is 28.3 Å². The summed E-state index contributed by atoms with van der Waals surface area (Å²) in [5, 5.41) is 22.6. The van der Waals surface area contributed by atoms with Crippen molar-refractivity contribution in [1.82, 2.24) is 0 Å². The molecular formula is C15H21FN2O3. The summed E-state index contributed by atoms with van der Waals surface area (Å²) in [6.07, 6.45) is 3.21. The van der Waals surface area contributed by atoms with E-state index in [1.165, 1.54) is 6.07 Å². The molecule has 0 amide bonds. The summed E-state index contributed by atoms with van der Waals surface area (Å²) in [5.41, 5.74) is 4.18. The van der Waals surface area contributed by atoms with Crippen LogP contribution in [0.15, 0.2) is 12.1 Å². The minimum atomic E-state index is -1.29. The molecule has 0 saturated heterocycles. The fourth-order valence-corrected chi connectivity index (χ4v) is 2.71. The Morgan fingerprint density at radius 1 is 1.48 bits per heavy atom. The minimum absolute atomic E-state index is 0.227. The van der Waals surface area contributed by atoms with E-state index < -0.39 is 23.1 Å². The van der Waals surface area contributed by atoms with Gasteiger partial charge in [-0.15, -0.1) is 0 Å². The Balaban J connectivity index is 2.13. The first kappa shape index (κ1) is 15.6. The van der Waals surface area contributed by atoms with Crippen molar-refractivity contribution >= 4 is 17.3 Å². The van der Waals surface area contributed by atoms with Gasteiger partial charge in [-0.2, -0.15) is 0 Å². The molecule has 0 unspecified atom stereocenters. The average Bonchev–Trinajstić information content (AvgIpc) is 2.43. The second-order valence-electron chi connectivity index (χ2n) is 5.95. The third-order valence-corrected chi connectivity index (χ3v) is 4.22. The SMILES string of the molecule is CC1CCC(O)(CNc2ccc(F)c(N)c2C(=O)O)CC1. The summed E-state index contributed by atoms with van der Waals surface area (Å²) in [6, 6.07) is 2.46. The zero-order valence-electron chi connectivity index (χ0n) is 12.0. The Bertz CT molecular complexity index is 540. The van der Waals surface area contributed by atoms with E-state index in [1.54, 1.807) is 0 Å². The first-order valence-corrected chi connectivity index (χ1v) is 7.10. The number of anilines is 2. The molecule has 5 nitrogen and oxygen atoms in total. The van der Waals surface area contributed by atoms with Gasteiger partial charge in [-0.1, -0.05) is 6.92 Å². The molecule has 1 aliphatic carbocycles. The third kappa shape index (κ3) is 3.44. The van der Waals surface area contributed by atoms with Gasteiger partial charge in [0.1, 0.15) is 11.4 Å². The molecule has 0 radical (unpaired) electrons. The largest absolute Gasteiger partial charge is 0.478 e. The van der Waals surface area contributed by atoms with E-state index in [-0.39, 0.29) is 17.8 Å². The highest BCUT2D eigenvalue weighted by atomic mass is 19.1. The molecule has 1 aromatic carbocycles. The van der Waals surface area contributed by atoms with Crippen molar-refractivity contribution in [3.05, 3.63) is 23.5 Å². The van der Waals surface area contributed by atoms with Crippen LogP contribution in [0, 0.1) is 11.7 Å². The van der Waals surface area contributed by atoms with Gasteiger partial charge in [0.15, 0.2) is 0 Å². The van der Waals surface area contributed by atoms with Crippen LogP contribution in [0.3, 0.4) is 0 Å². The lowest BCUT2D eigenvalue weighted by molar-refractivity contribution is 0.00497. The number of aromatic carboxylic acids is 1. The van der Waals surface area contributed by atoms with Crippen molar-refractivity contribution in [1.29, 1.82) is 0 Å². The van der Waals surface area contributed by atoms with Crippen LogP contribution < -0.4 is 11.1 Å². The first-order valence-electron chi connectivity index (χ1n) is 7.10. The fourth-order valence-electron chi connectivity index (χ4n) is 2.71. The van der Waals surface area contributed by atoms with E-state index >= 15 is 0 Å². The summed E-state index contributed by atoms with van der Waals surface area (Å²) in [6.45, 7) is 2.38. The normalized spacial score (nSPS) is 25.6. The molecule has 21 heavy (non-hydrogen) atoms. The van der Waals surface area contributed by atoms with Crippen molar-refractivity contribution in [2.45, 2.75) is 38.2 Å². The van der Waals surface area contributed by atoms with Gasteiger partial charge in [0.05, 0.1) is 17.0 Å². The standard InChI is InChI=1S/C15H21FN2O3/c1-9-4-6-15(21,7-5-9)8-18-11-3-2-10(16)13(17)12(11)14(19)20/h2-3,9,18,21H,4-8,17H2,1H3,(H,19,20). The molecule has 2 rings (SSSR count). The van der Waals surface area contributed by atoms with Gasteiger partial charge in [-0.3, -0.25) is 0 Å². The van der Waals surface area contributed by atoms with Crippen molar-refractivity contribution in [3.63, 3.8) is 0 Å². The van der Waals surface area contributed by atoms with Crippen LogP contribution in [0.25, 0.3) is 0 Å². The second-order valence-corrected chi connectivity index (χ2v) is 5.95. The predicted octanol–water partition coefficient (Wildman–Crippen LogP) is 2.46. The maximum Gasteiger partial charge on any atom is 0.340 e. The van der Waals surface area contributed by atoms with Crippen molar-refractivity contribution in [2.24, 2.45) is 5.92 Å². The number of nitrogen functional groups attached to an aromatic ring is 1. The van der Waals surface area contributed by atoms with Gasteiger partial charge in [0.25, 0.3) is 0 Å². The van der Waals surface area contributed by atoms with Gasteiger partial charge in [-0.05, 0) is 43.7 Å². The quantitative estimate of drug-likeness (QED) is 0.640. The fraction of sp³-hybridized carbons (Fsp3) is 0.533. The molecule has 0 heterocycles. The number of nitrogens with two attached hydrogens (primary N) is 1. The summed E-state index contributed by atoms with van der Waals surface area (Å²) in [4.78, 5) is 11.2. The molecule has 0 atom stereocenters. The molecule has 116 valence electrons. The zero-order chi connectivity index (χ0) is 15.6. The maximum atomic E-state index is 13.4. The zero-order valence-corrected chi connectivity index (χ0v) is 12.0. The Morgan fingerprint density at radius 3 is 2.67 bits per heavy atom. The van der Waals surface area contributed by atoms with E-state index in [0.717, 1.165) is 18.9 Å². The molecule has 0 aliphatic heterocycles. The Labute approximate surface area is 123 Å². The van der Waals surface area contributed by atoms with Gasteiger partial charge in [-0.25, -0.2) is 9.18 Å². The number of carboxylic acid groups (broad SMARTS) is 1. The molecule has 1 aliphatic rings. The Morgan fingerprint density at radius 2 is 2.10 bits per heavy atom. The second kappa shape index (κ2) is 5.89. The Kier molecular flexibility index (Phi) is 4.37. The number of benzene rings is 1. The summed E-state index contributed by atoms with van der Waals surface area (Å²) >= 11 is 0. The van der Waals surface area contributed by atoms with E-state index in [1.807, 2.05) is 0 Å². The van der Waals surface area contributed by atoms with E-state index in [2.05, 4.69) is 12.2 Å². The lowest BCUT2D eigenvalue weighted by atomic mass is 9.79. The third-order valence-electron chi connectivity index (χ3n) is 4.22. The average molecular weight is 296 g/mol. The van der Waals surface area contributed by atoms with Crippen molar-refractivity contribution in [2.75, 3.05) is 17.6 Å². The smallest absolute Gasteiger partial charge is 0.340 e. The summed E-state index contributed by atoms with van der Waals surface area (Å²) < 4.78 is 13.4. The molecule has 0 aromatic heterocycles. The first-order chi connectivity index (χ1) is 9.82. The van der Waals surface area contributed by atoms with Crippen LogP contribution in [0.4, 0.5) is 15.8 Å². The van der Waals surface area contributed by atoms with Crippen LogP contribution in [0.5, 0.6) is 0 Å².